The van der Waals surface area contributed by atoms with Crippen molar-refractivity contribution in [3.8, 4) is 0 Å². The third-order valence-electron chi connectivity index (χ3n) is 7.60. The average Bonchev–Trinajstić information content (AvgIpc) is 2.96. The molecule has 1 unspecified atom stereocenters. The molecule has 0 radical (unpaired) electrons. The van der Waals surface area contributed by atoms with E-state index in [1.807, 2.05) is 29.2 Å². The van der Waals surface area contributed by atoms with E-state index in [-0.39, 0.29) is 29.9 Å². The van der Waals surface area contributed by atoms with Gasteiger partial charge in [0.05, 0.1) is 10.8 Å². The summed E-state index contributed by atoms with van der Waals surface area (Å²) in [4.78, 5) is 43.8. The Morgan fingerprint density at radius 3 is 2.50 bits per heavy atom. The van der Waals surface area contributed by atoms with Crippen molar-refractivity contribution in [2.45, 2.75) is 43.0 Å². The lowest BCUT2D eigenvalue weighted by Gasteiger charge is -2.43. The predicted octanol–water partition coefficient (Wildman–Crippen LogP) is 1.27. The van der Waals surface area contributed by atoms with E-state index < -0.39 is 33.8 Å². The number of amides is 4. The van der Waals surface area contributed by atoms with Crippen LogP contribution in [0.15, 0.2) is 47.4 Å². The highest BCUT2D eigenvalue weighted by molar-refractivity contribution is 7.89. The molecule has 2 heterocycles. The number of nitrogens with one attached hydrogen (secondary N) is 3. The predicted molar refractivity (Wildman–Crippen MR) is 151 cm³/mol. The summed E-state index contributed by atoms with van der Waals surface area (Å²) in [6.07, 6.45) is 2.71. The van der Waals surface area contributed by atoms with Crippen molar-refractivity contribution < 1.29 is 22.8 Å². The fourth-order valence-electron chi connectivity index (χ4n) is 5.46. The van der Waals surface area contributed by atoms with E-state index in [1.165, 1.54) is 13.1 Å². The van der Waals surface area contributed by atoms with Gasteiger partial charge in [0.1, 0.15) is 0 Å². The zero-order valence-corrected chi connectivity index (χ0v) is 23.5. The molecule has 2 saturated heterocycles. The van der Waals surface area contributed by atoms with Gasteiger partial charge < -0.3 is 16.0 Å². The molecule has 4 rings (SSSR count). The van der Waals surface area contributed by atoms with Crippen LogP contribution < -0.4 is 15.8 Å². The van der Waals surface area contributed by atoms with Gasteiger partial charge in [-0.15, -0.1) is 0 Å². The third-order valence-corrected chi connectivity index (χ3v) is 9.06. The average molecular weight is 572 g/mol. The van der Waals surface area contributed by atoms with Gasteiger partial charge in [-0.1, -0.05) is 30.3 Å². The Morgan fingerprint density at radius 1 is 1.05 bits per heavy atom. The van der Waals surface area contributed by atoms with E-state index in [0.29, 0.717) is 24.4 Å². The summed E-state index contributed by atoms with van der Waals surface area (Å²) >= 11 is 0. The highest BCUT2D eigenvalue weighted by atomic mass is 32.2. The number of carbonyl (C=O) groups is 3. The van der Waals surface area contributed by atoms with E-state index in [0.717, 1.165) is 43.1 Å². The van der Waals surface area contributed by atoms with Gasteiger partial charge in [0.25, 0.3) is 0 Å². The van der Waals surface area contributed by atoms with Gasteiger partial charge in [0.2, 0.25) is 21.8 Å². The number of hydrogen-bond donors (Lipinski definition) is 4. The smallest absolute Gasteiger partial charge is 0.330 e. The lowest BCUT2D eigenvalue weighted by molar-refractivity contribution is -0.144. The first-order valence-corrected chi connectivity index (χ1v) is 15.0. The van der Waals surface area contributed by atoms with Crippen LogP contribution in [0.5, 0.6) is 0 Å². The molecule has 2 aliphatic heterocycles. The molecule has 216 valence electrons. The molecule has 0 spiro atoms. The fraction of sp³-hybridized carbons (Fsp3) is 0.481. The van der Waals surface area contributed by atoms with Crippen molar-refractivity contribution in [3.05, 3.63) is 42.5 Å². The summed E-state index contributed by atoms with van der Waals surface area (Å²) in [6, 6.07) is 11.4. The van der Waals surface area contributed by atoms with Crippen molar-refractivity contribution in [1.82, 2.24) is 24.7 Å². The van der Waals surface area contributed by atoms with Gasteiger partial charge in [-0.2, -0.15) is 0 Å². The monoisotopic (exact) mass is 571 g/mol. The van der Waals surface area contributed by atoms with Crippen LogP contribution in [-0.4, -0.2) is 92.7 Å². The van der Waals surface area contributed by atoms with Crippen LogP contribution in [0.3, 0.4) is 0 Å². The van der Waals surface area contributed by atoms with Crippen LogP contribution in [0.1, 0.15) is 32.1 Å². The highest BCUT2D eigenvalue weighted by Crippen LogP contribution is 2.25. The second kappa shape index (κ2) is 12.7. The summed E-state index contributed by atoms with van der Waals surface area (Å²) in [5.74, 6) is -1.90. The minimum absolute atomic E-state index is 0.0296. The number of fused-ring (bicyclic) bond motifs is 1. The lowest BCUT2D eigenvalue weighted by atomic mass is 9.93. The number of piperidine rings is 2. The molecule has 2 atom stereocenters. The Morgan fingerprint density at radius 2 is 1.77 bits per heavy atom. The molecule has 4 amide bonds. The van der Waals surface area contributed by atoms with Crippen LogP contribution in [0.2, 0.25) is 0 Å². The first kappa shape index (κ1) is 29.4. The molecule has 12 nitrogen and oxygen atoms in total. The van der Waals surface area contributed by atoms with E-state index in [9.17, 15) is 22.8 Å². The topological polar surface area (TPSA) is 169 Å². The van der Waals surface area contributed by atoms with Crippen LogP contribution in [0, 0.1) is 11.3 Å². The molecule has 2 aliphatic rings. The zero-order valence-electron chi connectivity index (χ0n) is 22.6. The van der Waals surface area contributed by atoms with Gasteiger partial charge in [0.15, 0.2) is 5.96 Å². The molecule has 0 aliphatic carbocycles. The molecule has 2 fully saturated rings. The maximum atomic E-state index is 13.5. The number of sulfonamides is 1. The number of nitrogens with zero attached hydrogens (tertiary/aromatic N) is 3. The van der Waals surface area contributed by atoms with Gasteiger partial charge in [-0.05, 0) is 55.1 Å². The number of hydrogen-bond acceptors (Lipinski definition) is 7. The lowest BCUT2D eigenvalue weighted by Crippen LogP contribution is -2.56. The quantitative estimate of drug-likeness (QED) is 0.285. The van der Waals surface area contributed by atoms with E-state index in [4.69, 9.17) is 11.1 Å². The molecule has 0 aromatic heterocycles. The number of imide groups is 3. The Kier molecular flexibility index (Phi) is 9.38. The molecule has 5 N–H and O–H groups in total. The Bertz CT molecular complexity index is 1380. The van der Waals surface area contributed by atoms with Gasteiger partial charge >= 0.3 is 6.03 Å². The molecule has 2 aromatic rings. The minimum Gasteiger partial charge on any atom is -0.370 e. The maximum absolute atomic E-state index is 13.5. The van der Waals surface area contributed by atoms with Gasteiger partial charge in [-0.3, -0.25) is 19.9 Å². The molecular weight excluding hydrogens is 534 g/mol. The number of carbonyl (C=O) groups excluding carboxylic acids is 3. The minimum atomic E-state index is -3.91. The Labute approximate surface area is 234 Å². The number of guanidine groups is 1. The number of likely N-dealkylation sites (tertiary alicyclic amines) is 2. The Balaban J connectivity index is 1.38. The van der Waals surface area contributed by atoms with E-state index in [1.54, 1.807) is 12.1 Å². The number of nitrogens with two attached hydrogens (primary N) is 1. The fourth-order valence-corrected chi connectivity index (χ4v) is 6.53. The number of rotatable bonds is 7. The summed E-state index contributed by atoms with van der Waals surface area (Å²) in [5, 5.41) is 11.8. The van der Waals surface area contributed by atoms with Crippen LogP contribution in [0.4, 0.5) is 4.79 Å². The van der Waals surface area contributed by atoms with Crippen LogP contribution in [-0.2, 0) is 19.6 Å². The molecule has 0 saturated carbocycles. The third kappa shape index (κ3) is 6.77. The number of benzene rings is 2. The summed E-state index contributed by atoms with van der Waals surface area (Å²) in [5.41, 5.74) is 5.68. The van der Waals surface area contributed by atoms with E-state index >= 15 is 0 Å². The zero-order chi connectivity index (χ0) is 28.9. The van der Waals surface area contributed by atoms with Crippen molar-refractivity contribution in [2.75, 3.05) is 39.8 Å². The first-order chi connectivity index (χ1) is 19.1. The normalized spacial score (nSPS) is 20.2. The second-order valence-corrected chi connectivity index (χ2v) is 12.0. The van der Waals surface area contributed by atoms with Crippen molar-refractivity contribution in [1.29, 1.82) is 5.41 Å². The SMILES string of the molecule is CNC(=O)N(C(=O)CCNS(=O)(=O)c1ccc2ccccc2c1)C(=O)C1CCCN([C@H]2CCCN(C(=N)N)C2)C1. The molecule has 13 heteroatoms. The summed E-state index contributed by atoms with van der Waals surface area (Å²) in [6.45, 7) is 2.24. The van der Waals surface area contributed by atoms with Gasteiger partial charge in [-0.25, -0.2) is 22.8 Å². The van der Waals surface area contributed by atoms with Crippen molar-refractivity contribution in [3.63, 3.8) is 0 Å². The number of urea groups is 1. The van der Waals surface area contributed by atoms with Gasteiger partial charge in [0, 0.05) is 45.7 Å². The molecule has 2 aromatic carbocycles. The molecule has 0 bridgehead atoms. The highest BCUT2D eigenvalue weighted by Gasteiger charge is 2.38. The van der Waals surface area contributed by atoms with Crippen molar-refractivity contribution in [2.24, 2.45) is 11.7 Å². The van der Waals surface area contributed by atoms with Crippen LogP contribution >= 0.6 is 0 Å². The molecular formula is C27H37N7O5S. The first-order valence-electron chi connectivity index (χ1n) is 13.5. The summed E-state index contributed by atoms with van der Waals surface area (Å²) in [7, 11) is -2.57. The van der Waals surface area contributed by atoms with E-state index in [2.05, 4.69) is 14.9 Å². The standard InChI is InChI=1S/C27H37N7O5S/c1-30-27(37)34(25(36)21-8-4-14-32(17-21)22-9-5-15-33(18-22)26(28)29)24(35)12-13-31-40(38,39)23-11-10-19-6-2-3-7-20(19)16-23/h2-3,6-7,10-11,16,21-22,31H,4-5,8-9,12-15,17-18H2,1H3,(H3,28,29)(H,30,37)/t21?,22-/m0/s1. The second-order valence-electron chi connectivity index (χ2n) is 10.2. The largest absolute Gasteiger partial charge is 0.370 e. The Hall–Kier alpha value is -3.55. The maximum Gasteiger partial charge on any atom is 0.330 e. The van der Waals surface area contributed by atoms with Crippen molar-refractivity contribution >= 4 is 44.6 Å². The summed E-state index contributed by atoms with van der Waals surface area (Å²) < 4.78 is 28.1. The van der Waals surface area contributed by atoms with Crippen LogP contribution in [0.25, 0.3) is 10.8 Å². The molecule has 40 heavy (non-hydrogen) atoms.